The molecule has 5 rings (SSSR count). The van der Waals surface area contributed by atoms with Crippen molar-refractivity contribution in [1.29, 1.82) is 5.26 Å². The Balaban J connectivity index is 1.60. The molecule has 0 aliphatic heterocycles. The second-order valence-corrected chi connectivity index (χ2v) is 10.9. The van der Waals surface area contributed by atoms with Crippen LogP contribution in [0.15, 0.2) is 16.8 Å². The normalized spacial score (nSPS) is 12.8. The highest BCUT2D eigenvalue weighted by Crippen LogP contribution is 2.44. The molecule has 0 unspecified atom stereocenters. The fraction of sp³-hybridized carbons (Fsp3) is 0.250. The summed E-state index contributed by atoms with van der Waals surface area (Å²) in [5.41, 5.74) is 15.8. The zero-order valence-corrected chi connectivity index (χ0v) is 21.2. The van der Waals surface area contributed by atoms with E-state index in [9.17, 15) is 14.9 Å². The van der Waals surface area contributed by atoms with Gasteiger partial charge in [0.05, 0.1) is 17.9 Å². The standard InChI is InChI=1S/C24H21N5O3S3/c1-2-32-24(31)16-12-5-3-4-6-14(12)34-22(16)29-21(30)19-18(26)17-15(11-7-8-33-10-11)13(9-25)20(27)28-23(17)35-19/h7-8,10H,2-6,26H2,1H3,(H2,27,28)(H,29,30). The van der Waals surface area contributed by atoms with Crippen LogP contribution in [-0.4, -0.2) is 23.5 Å². The lowest BCUT2D eigenvalue weighted by Gasteiger charge is -2.12. The largest absolute Gasteiger partial charge is 0.462 e. The first-order chi connectivity index (χ1) is 16.9. The zero-order chi connectivity index (χ0) is 24.7. The summed E-state index contributed by atoms with van der Waals surface area (Å²) in [7, 11) is 0. The number of nitrogens with two attached hydrogens (primary N) is 2. The predicted octanol–water partition coefficient (Wildman–Crippen LogP) is 5.43. The monoisotopic (exact) mass is 523 g/mol. The summed E-state index contributed by atoms with van der Waals surface area (Å²) >= 11 is 4.01. The summed E-state index contributed by atoms with van der Waals surface area (Å²) in [4.78, 5) is 32.4. The number of nitriles is 1. The molecule has 1 amide bonds. The van der Waals surface area contributed by atoms with E-state index in [0.717, 1.165) is 53.0 Å². The van der Waals surface area contributed by atoms with Crippen molar-refractivity contribution in [1.82, 2.24) is 4.98 Å². The Morgan fingerprint density at radius 2 is 2.06 bits per heavy atom. The van der Waals surface area contributed by atoms with E-state index in [1.165, 1.54) is 22.7 Å². The van der Waals surface area contributed by atoms with Gasteiger partial charge < -0.3 is 21.5 Å². The van der Waals surface area contributed by atoms with Gasteiger partial charge in [-0.05, 0) is 60.6 Å². The van der Waals surface area contributed by atoms with Crippen molar-refractivity contribution >= 4 is 72.6 Å². The fourth-order valence-corrected chi connectivity index (χ4v) is 7.31. The van der Waals surface area contributed by atoms with Gasteiger partial charge in [-0.1, -0.05) is 0 Å². The number of thiophene rings is 3. The van der Waals surface area contributed by atoms with Crippen LogP contribution in [0.1, 0.15) is 55.8 Å². The van der Waals surface area contributed by atoms with Crippen LogP contribution in [0.5, 0.6) is 0 Å². The first-order valence-corrected chi connectivity index (χ1v) is 13.6. The van der Waals surface area contributed by atoms with Gasteiger partial charge in [-0.25, -0.2) is 9.78 Å². The molecule has 178 valence electrons. The zero-order valence-electron chi connectivity index (χ0n) is 18.8. The van der Waals surface area contributed by atoms with E-state index in [1.807, 2.05) is 16.8 Å². The van der Waals surface area contributed by atoms with Crippen LogP contribution >= 0.6 is 34.0 Å². The third-order valence-corrected chi connectivity index (χ3v) is 8.90. The molecule has 1 aliphatic carbocycles. The molecular weight excluding hydrogens is 502 g/mol. The number of hydrogen-bond donors (Lipinski definition) is 3. The van der Waals surface area contributed by atoms with Crippen LogP contribution in [-0.2, 0) is 17.6 Å². The minimum Gasteiger partial charge on any atom is -0.462 e. The van der Waals surface area contributed by atoms with E-state index < -0.39 is 11.9 Å². The number of fused-ring (bicyclic) bond motifs is 2. The van der Waals surface area contributed by atoms with Crippen LogP contribution in [0, 0.1) is 11.3 Å². The van der Waals surface area contributed by atoms with Crippen molar-refractivity contribution in [3.05, 3.63) is 43.3 Å². The van der Waals surface area contributed by atoms with Crippen molar-refractivity contribution in [2.45, 2.75) is 32.6 Å². The van der Waals surface area contributed by atoms with Gasteiger partial charge in [0, 0.05) is 15.8 Å². The second-order valence-electron chi connectivity index (χ2n) is 7.99. The first kappa shape index (κ1) is 23.3. The molecule has 11 heteroatoms. The van der Waals surface area contributed by atoms with Gasteiger partial charge in [0.15, 0.2) is 0 Å². The van der Waals surface area contributed by atoms with E-state index in [0.29, 0.717) is 26.3 Å². The van der Waals surface area contributed by atoms with E-state index in [4.69, 9.17) is 16.2 Å². The smallest absolute Gasteiger partial charge is 0.341 e. The number of amides is 1. The Bertz CT molecular complexity index is 1510. The summed E-state index contributed by atoms with van der Waals surface area (Å²) in [6.07, 6.45) is 3.70. The highest BCUT2D eigenvalue weighted by atomic mass is 32.1. The maximum absolute atomic E-state index is 13.4. The lowest BCUT2D eigenvalue weighted by molar-refractivity contribution is 0.0526. The molecule has 1 aliphatic rings. The van der Waals surface area contributed by atoms with Crippen LogP contribution in [0.4, 0.5) is 16.5 Å². The Hall–Kier alpha value is -3.46. The van der Waals surface area contributed by atoms with Gasteiger partial charge in [0.2, 0.25) is 0 Å². The topological polar surface area (TPSA) is 144 Å². The van der Waals surface area contributed by atoms with Gasteiger partial charge in [0.1, 0.15) is 32.2 Å². The average Bonchev–Trinajstić information content (AvgIpc) is 3.56. The van der Waals surface area contributed by atoms with Crippen molar-refractivity contribution < 1.29 is 14.3 Å². The number of nitrogens with one attached hydrogen (secondary N) is 1. The Labute approximate surface area is 213 Å². The minimum absolute atomic E-state index is 0.0879. The van der Waals surface area contributed by atoms with E-state index in [-0.39, 0.29) is 28.6 Å². The van der Waals surface area contributed by atoms with Gasteiger partial charge in [-0.3, -0.25) is 4.79 Å². The number of nitrogens with zero attached hydrogens (tertiary/aromatic N) is 2. The third kappa shape index (κ3) is 3.93. The SMILES string of the molecule is CCOC(=O)c1c(NC(=O)c2sc3nc(N)c(C#N)c(-c4ccsc4)c3c2N)sc2c1CCCC2. The van der Waals surface area contributed by atoms with Crippen LogP contribution < -0.4 is 16.8 Å². The predicted molar refractivity (Wildman–Crippen MR) is 141 cm³/mol. The maximum Gasteiger partial charge on any atom is 0.341 e. The lowest BCUT2D eigenvalue weighted by atomic mass is 9.95. The summed E-state index contributed by atoms with van der Waals surface area (Å²) in [6.45, 7) is 2.01. The molecule has 8 nitrogen and oxygen atoms in total. The summed E-state index contributed by atoms with van der Waals surface area (Å²) < 4.78 is 5.29. The Morgan fingerprint density at radius 1 is 1.26 bits per heavy atom. The van der Waals surface area contributed by atoms with Crippen molar-refractivity contribution in [3.8, 4) is 17.2 Å². The van der Waals surface area contributed by atoms with Crippen LogP contribution in [0.25, 0.3) is 21.3 Å². The number of anilines is 3. The molecule has 0 fully saturated rings. The molecule has 0 saturated carbocycles. The molecule has 4 heterocycles. The maximum atomic E-state index is 13.4. The Morgan fingerprint density at radius 3 is 2.77 bits per heavy atom. The van der Waals surface area contributed by atoms with Gasteiger partial charge in [-0.15, -0.1) is 22.7 Å². The average molecular weight is 524 g/mol. The van der Waals surface area contributed by atoms with Crippen LogP contribution in [0.2, 0.25) is 0 Å². The highest BCUT2D eigenvalue weighted by Gasteiger charge is 2.29. The molecule has 0 saturated heterocycles. The second kappa shape index (κ2) is 9.30. The molecule has 0 aromatic carbocycles. The van der Waals surface area contributed by atoms with Crippen LogP contribution in [0.3, 0.4) is 0 Å². The number of carbonyl (C=O) groups excluding carboxylic acids is 2. The molecular formula is C24H21N5O3S3. The number of aryl methyl sites for hydroxylation is 1. The van der Waals surface area contributed by atoms with Crippen molar-refractivity contribution in [2.24, 2.45) is 0 Å². The van der Waals surface area contributed by atoms with E-state index >= 15 is 0 Å². The summed E-state index contributed by atoms with van der Waals surface area (Å²) in [5.74, 6) is -0.785. The quantitative estimate of drug-likeness (QED) is 0.296. The number of nitrogen functional groups attached to an aromatic ring is 2. The molecule has 0 atom stereocenters. The third-order valence-electron chi connectivity index (χ3n) is 5.91. The number of esters is 1. The highest BCUT2D eigenvalue weighted by molar-refractivity contribution is 7.21. The molecule has 4 aromatic rings. The molecule has 0 spiro atoms. The van der Waals surface area contributed by atoms with E-state index in [2.05, 4.69) is 16.4 Å². The van der Waals surface area contributed by atoms with Crippen molar-refractivity contribution in [2.75, 3.05) is 23.4 Å². The fourth-order valence-electron chi connectivity index (χ4n) is 4.38. The van der Waals surface area contributed by atoms with Gasteiger partial charge in [-0.2, -0.15) is 16.6 Å². The summed E-state index contributed by atoms with van der Waals surface area (Å²) in [6, 6.07) is 4.00. The summed E-state index contributed by atoms with van der Waals surface area (Å²) in [5, 5.41) is 17.4. The van der Waals surface area contributed by atoms with Crippen molar-refractivity contribution in [3.63, 3.8) is 0 Å². The molecule has 0 radical (unpaired) electrons. The number of pyridine rings is 1. The van der Waals surface area contributed by atoms with Gasteiger partial charge in [0.25, 0.3) is 5.91 Å². The minimum atomic E-state index is -0.442. The van der Waals surface area contributed by atoms with Gasteiger partial charge >= 0.3 is 5.97 Å². The number of hydrogen-bond acceptors (Lipinski definition) is 10. The molecule has 4 aromatic heterocycles. The number of aromatic nitrogens is 1. The first-order valence-electron chi connectivity index (χ1n) is 11.0. The number of ether oxygens (including phenoxy) is 1. The molecule has 0 bridgehead atoms. The van der Waals surface area contributed by atoms with E-state index in [1.54, 1.807) is 6.92 Å². The lowest BCUT2D eigenvalue weighted by Crippen LogP contribution is -2.15. The molecule has 5 N–H and O–H groups in total. The molecule has 35 heavy (non-hydrogen) atoms. The number of rotatable bonds is 5. The number of carbonyl (C=O) groups is 2. The Kier molecular flexibility index (Phi) is 6.19.